The molecule has 0 N–H and O–H groups in total. The van der Waals surface area contributed by atoms with Gasteiger partial charge in [-0.15, -0.1) is 0 Å². The Morgan fingerprint density at radius 3 is 2.68 bits per heavy atom. The molecule has 0 spiro atoms. The fourth-order valence-corrected chi connectivity index (χ4v) is 5.51. The number of furan rings is 2. The molecule has 1 saturated heterocycles. The average Bonchev–Trinajstić information content (AvgIpc) is 3.47. The molecule has 3 heterocycles. The number of amides is 1. The van der Waals surface area contributed by atoms with Crippen LogP contribution in [0.3, 0.4) is 0 Å². The Kier molecular flexibility index (Phi) is 6.27. The van der Waals surface area contributed by atoms with Crippen molar-refractivity contribution in [3.63, 3.8) is 0 Å². The highest BCUT2D eigenvalue weighted by Gasteiger charge is 2.34. The van der Waals surface area contributed by atoms with Gasteiger partial charge in [0.1, 0.15) is 17.3 Å². The van der Waals surface area contributed by atoms with Crippen molar-refractivity contribution in [1.82, 2.24) is 4.90 Å². The molecule has 0 aliphatic carbocycles. The summed E-state index contributed by atoms with van der Waals surface area (Å²) in [5.74, 6) is 1.33. The van der Waals surface area contributed by atoms with E-state index in [1.807, 2.05) is 0 Å². The Balaban J connectivity index is 1.56. The minimum atomic E-state index is -3.17. The van der Waals surface area contributed by atoms with Gasteiger partial charge in [-0.3, -0.25) is 4.79 Å². The number of halogens is 2. The molecule has 4 rings (SSSR count). The summed E-state index contributed by atoms with van der Waals surface area (Å²) in [7, 11) is -3.17. The van der Waals surface area contributed by atoms with Gasteiger partial charge in [0.2, 0.25) is 5.91 Å². The van der Waals surface area contributed by atoms with Crippen LogP contribution in [0.25, 0.3) is 17.4 Å². The summed E-state index contributed by atoms with van der Waals surface area (Å²) in [6.07, 6.45) is 4.84. The molecule has 6 nitrogen and oxygen atoms in total. The van der Waals surface area contributed by atoms with Gasteiger partial charge in [0.25, 0.3) is 0 Å². The summed E-state index contributed by atoms with van der Waals surface area (Å²) >= 11 is 12.1. The first-order chi connectivity index (χ1) is 14.8. The molecule has 0 bridgehead atoms. The minimum Gasteiger partial charge on any atom is -0.465 e. The van der Waals surface area contributed by atoms with Crippen molar-refractivity contribution in [2.45, 2.75) is 19.0 Å². The molecule has 1 atom stereocenters. The topological polar surface area (TPSA) is 80.7 Å². The Hall–Kier alpha value is -2.48. The van der Waals surface area contributed by atoms with Gasteiger partial charge in [0, 0.05) is 17.7 Å². The van der Waals surface area contributed by atoms with Gasteiger partial charge in [0.15, 0.2) is 9.84 Å². The monoisotopic (exact) mass is 479 g/mol. The number of hydrogen-bond acceptors (Lipinski definition) is 5. The maximum atomic E-state index is 12.9. The van der Waals surface area contributed by atoms with Crippen molar-refractivity contribution in [3.05, 3.63) is 76.4 Å². The highest BCUT2D eigenvalue weighted by Crippen LogP contribution is 2.30. The molecular formula is C22H19Cl2NO5S. The fraction of sp³-hybridized carbons (Fsp3) is 0.227. The van der Waals surface area contributed by atoms with Gasteiger partial charge in [0.05, 0.1) is 34.4 Å². The molecule has 1 amide bonds. The fourth-order valence-electron chi connectivity index (χ4n) is 3.48. The minimum absolute atomic E-state index is 0.0618. The third-order valence-electron chi connectivity index (χ3n) is 5.06. The van der Waals surface area contributed by atoms with Crippen LogP contribution < -0.4 is 0 Å². The maximum Gasteiger partial charge on any atom is 0.247 e. The van der Waals surface area contributed by atoms with Crippen molar-refractivity contribution >= 4 is 45.0 Å². The van der Waals surface area contributed by atoms with E-state index in [1.165, 1.54) is 17.2 Å². The number of carbonyl (C=O) groups is 1. The van der Waals surface area contributed by atoms with E-state index in [0.717, 1.165) is 5.56 Å². The number of nitrogens with zero attached hydrogens (tertiary/aromatic N) is 1. The predicted octanol–water partition coefficient (Wildman–Crippen LogP) is 5.08. The van der Waals surface area contributed by atoms with Crippen molar-refractivity contribution in [2.24, 2.45) is 0 Å². The third-order valence-corrected chi connectivity index (χ3v) is 7.55. The molecule has 1 unspecified atom stereocenters. The van der Waals surface area contributed by atoms with Gasteiger partial charge >= 0.3 is 0 Å². The molecular weight excluding hydrogens is 461 g/mol. The molecule has 9 heteroatoms. The lowest BCUT2D eigenvalue weighted by Gasteiger charge is -2.26. The first-order valence-electron chi connectivity index (χ1n) is 9.57. The van der Waals surface area contributed by atoms with Crippen LogP contribution in [0.4, 0.5) is 0 Å². The molecule has 1 fully saturated rings. The standard InChI is InChI=1S/C22H19Cl2NO5S/c23-19-6-3-15(12-20(19)24)21-7-4-18(30-21)13-25(16-9-11-31(27,28)14-16)22(26)8-5-17-2-1-10-29-17/h1-8,10,12,16H,9,11,13-14H2. The van der Waals surface area contributed by atoms with E-state index in [4.69, 9.17) is 32.0 Å². The van der Waals surface area contributed by atoms with Gasteiger partial charge in [-0.25, -0.2) is 8.42 Å². The van der Waals surface area contributed by atoms with Crippen molar-refractivity contribution in [3.8, 4) is 11.3 Å². The summed E-state index contributed by atoms with van der Waals surface area (Å²) < 4.78 is 35.1. The molecule has 1 aromatic carbocycles. The molecule has 3 aromatic rings. The Labute approximate surface area is 190 Å². The number of benzene rings is 1. The van der Waals surface area contributed by atoms with Crippen molar-refractivity contribution in [2.75, 3.05) is 11.5 Å². The third kappa shape index (κ3) is 5.23. The van der Waals surface area contributed by atoms with Crippen LogP contribution in [-0.4, -0.2) is 36.8 Å². The highest BCUT2D eigenvalue weighted by atomic mass is 35.5. The van der Waals surface area contributed by atoms with Crippen LogP contribution in [0.1, 0.15) is 17.9 Å². The summed E-state index contributed by atoms with van der Waals surface area (Å²) in [5, 5.41) is 0.855. The molecule has 162 valence electrons. The lowest BCUT2D eigenvalue weighted by atomic mass is 10.2. The second-order valence-electron chi connectivity index (χ2n) is 7.27. The number of sulfone groups is 1. The largest absolute Gasteiger partial charge is 0.465 e. The molecule has 0 radical (unpaired) electrons. The van der Waals surface area contributed by atoms with E-state index in [1.54, 1.807) is 48.5 Å². The number of carbonyl (C=O) groups excluding carboxylic acids is 1. The van der Waals surface area contributed by atoms with E-state index >= 15 is 0 Å². The Morgan fingerprint density at radius 2 is 2.00 bits per heavy atom. The van der Waals surface area contributed by atoms with E-state index in [-0.39, 0.29) is 24.0 Å². The quantitative estimate of drug-likeness (QED) is 0.460. The zero-order chi connectivity index (χ0) is 22.0. The van der Waals surface area contributed by atoms with Gasteiger partial charge in [-0.1, -0.05) is 23.2 Å². The lowest BCUT2D eigenvalue weighted by Crippen LogP contribution is -2.39. The van der Waals surface area contributed by atoms with E-state index in [0.29, 0.717) is 33.7 Å². The molecule has 2 aromatic heterocycles. The van der Waals surface area contributed by atoms with E-state index < -0.39 is 15.9 Å². The average molecular weight is 480 g/mol. The maximum absolute atomic E-state index is 12.9. The number of hydrogen-bond donors (Lipinski definition) is 0. The van der Waals surface area contributed by atoms with E-state index in [9.17, 15) is 13.2 Å². The molecule has 1 aliphatic rings. The Bertz CT molecular complexity index is 1210. The summed E-state index contributed by atoms with van der Waals surface area (Å²) in [5.41, 5.74) is 0.750. The van der Waals surface area contributed by atoms with Gasteiger partial charge < -0.3 is 13.7 Å². The normalized spacial score (nSPS) is 17.9. The van der Waals surface area contributed by atoms with Gasteiger partial charge in [-0.2, -0.15) is 0 Å². The van der Waals surface area contributed by atoms with Crippen LogP contribution in [-0.2, 0) is 21.2 Å². The summed E-state index contributed by atoms with van der Waals surface area (Å²) in [6, 6.07) is 11.7. The van der Waals surface area contributed by atoms with Crippen LogP contribution in [0, 0.1) is 0 Å². The van der Waals surface area contributed by atoms with E-state index in [2.05, 4.69) is 0 Å². The lowest BCUT2D eigenvalue weighted by molar-refractivity contribution is -0.128. The smallest absolute Gasteiger partial charge is 0.247 e. The summed E-state index contributed by atoms with van der Waals surface area (Å²) in [6.45, 7) is 0.142. The van der Waals surface area contributed by atoms with Crippen molar-refractivity contribution in [1.29, 1.82) is 0 Å². The molecule has 31 heavy (non-hydrogen) atoms. The molecule has 0 saturated carbocycles. The number of rotatable bonds is 6. The van der Waals surface area contributed by atoms with Crippen molar-refractivity contribution < 1.29 is 22.0 Å². The zero-order valence-corrected chi connectivity index (χ0v) is 18.7. The SMILES string of the molecule is O=C(C=Cc1ccco1)N(Cc1ccc(-c2ccc(Cl)c(Cl)c2)o1)C1CCS(=O)(=O)C1. The van der Waals surface area contributed by atoms with Gasteiger partial charge in [-0.05, 0) is 55.0 Å². The van der Waals surface area contributed by atoms with Crippen LogP contribution in [0.2, 0.25) is 10.0 Å². The first kappa shape index (κ1) is 21.7. The van der Waals surface area contributed by atoms with Crippen LogP contribution in [0.15, 0.2) is 63.6 Å². The second kappa shape index (κ2) is 8.94. The first-order valence-corrected chi connectivity index (χ1v) is 12.2. The second-order valence-corrected chi connectivity index (χ2v) is 10.3. The zero-order valence-electron chi connectivity index (χ0n) is 16.3. The predicted molar refractivity (Wildman–Crippen MR) is 120 cm³/mol. The van der Waals surface area contributed by atoms with Crippen LogP contribution in [0.5, 0.6) is 0 Å². The highest BCUT2D eigenvalue weighted by molar-refractivity contribution is 7.91. The summed E-state index contributed by atoms with van der Waals surface area (Å²) in [4.78, 5) is 14.5. The Morgan fingerprint density at radius 1 is 1.16 bits per heavy atom. The van der Waals surface area contributed by atoms with Crippen LogP contribution >= 0.6 is 23.2 Å². The molecule has 1 aliphatic heterocycles.